The van der Waals surface area contributed by atoms with Crippen LogP contribution in [-0.4, -0.2) is 39.3 Å². The van der Waals surface area contributed by atoms with Gasteiger partial charge in [-0.15, -0.1) is 0 Å². The number of aryl methyl sites for hydroxylation is 2. The summed E-state index contributed by atoms with van der Waals surface area (Å²) in [6.07, 6.45) is 1.34. The van der Waals surface area contributed by atoms with Crippen molar-refractivity contribution in [2.75, 3.05) is 18.0 Å². The quantitative estimate of drug-likeness (QED) is 0.295. The summed E-state index contributed by atoms with van der Waals surface area (Å²) >= 11 is 9.35. The number of sulfonamides is 1. The maximum Gasteiger partial charge on any atom is 0.264 e. The van der Waals surface area contributed by atoms with Crippen molar-refractivity contribution in [2.45, 2.75) is 18.7 Å². The van der Waals surface area contributed by atoms with Gasteiger partial charge in [0.05, 0.1) is 28.4 Å². The van der Waals surface area contributed by atoms with Crippen LogP contribution >= 0.6 is 27.5 Å². The van der Waals surface area contributed by atoms with E-state index < -0.39 is 22.5 Å². The Hall–Kier alpha value is -3.08. The van der Waals surface area contributed by atoms with Crippen molar-refractivity contribution in [3.63, 3.8) is 0 Å². The average Bonchev–Trinajstić information content (AvgIpc) is 2.81. The molecule has 3 aromatic rings. The Morgan fingerprint density at radius 2 is 1.86 bits per heavy atom. The van der Waals surface area contributed by atoms with Gasteiger partial charge in [0, 0.05) is 5.02 Å². The van der Waals surface area contributed by atoms with Gasteiger partial charge in [-0.2, -0.15) is 5.10 Å². The van der Waals surface area contributed by atoms with Crippen LogP contribution in [0, 0.1) is 13.8 Å². The number of anilines is 1. The molecule has 2 N–H and O–H groups in total. The highest BCUT2D eigenvalue weighted by Crippen LogP contribution is 2.34. The molecule has 35 heavy (non-hydrogen) atoms. The fourth-order valence-corrected chi connectivity index (χ4v) is 5.26. The van der Waals surface area contributed by atoms with Crippen LogP contribution in [0.2, 0.25) is 5.02 Å². The molecule has 0 radical (unpaired) electrons. The van der Waals surface area contributed by atoms with Gasteiger partial charge in [-0.05, 0) is 77.3 Å². The molecule has 0 bridgehead atoms. The Morgan fingerprint density at radius 1 is 1.17 bits per heavy atom. The first-order valence-corrected chi connectivity index (χ1v) is 12.9. The summed E-state index contributed by atoms with van der Waals surface area (Å²) in [5.74, 6) is -0.511. The van der Waals surface area contributed by atoms with Gasteiger partial charge in [0.1, 0.15) is 6.54 Å². The number of nitrogens with one attached hydrogen (secondary N) is 1. The van der Waals surface area contributed by atoms with E-state index in [2.05, 4.69) is 26.5 Å². The molecular weight excluding hydrogens is 558 g/mol. The Morgan fingerprint density at radius 3 is 2.51 bits per heavy atom. The van der Waals surface area contributed by atoms with Crippen LogP contribution in [0.15, 0.2) is 69.1 Å². The van der Waals surface area contributed by atoms with Crippen LogP contribution in [0.3, 0.4) is 0 Å². The minimum Gasteiger partial charge on any atom is -0.503 e. The van der Waals surface area contributed by atoms with Crippen molar-refractivity contribution in [1.29, 1.82) is 0 Å². The van der Waals surface area contributed by atoms with Crippen LogP contribution in [0.1, 0.15) is 16.7 Å². The zero-order valence-electron chi connectivity index (χ0n) is 19.1. The maximum atomic E-state index is 13.5. The highest BCUT2D eigenvalue weighted by Gasteiger charge is 2.28. The van der Waals surface area contributed by atoms with E-state index >= 15 is 0 Å². The zero-order chi connectivity index (χ0) is 25.8. The number of rotatable bonds is 8. The Balaban J connectivity index is 1.88. The number of aromatic hydroxyl groups is 1. The molecule has 11 heteroatoms. The summed E-state index contributed by atoms with van der Waals surface area (Å²) in [5.41, 5.74) is 4.68. The number of hydrazone groups is 1. The van der Waals surface area contributed by atoms with E-state index in [9.17, 15) is 18.3 Å². The second-order valence-electron chi connectivity index (χ2n) is 7.60. The van der Waals surface area contributed by atoms with Crippen LogP contribution in [0.25, 0.3) is 0 Å². The monoisotopic (exact) mass is 579 g/mol. The molecule has 0 fully saturated rings. The van der Waals surface area contributed by atoms with Gasteiger partial charge >= 0.3 is 0 Å². The lowest BCUT2D eigenvalue weighted by Crippen LogP contribution is -2.40. The molecule has 0 saturated carbocycles. The molecule has 0 unspecified atom stereocenters. The maximum absolute atomic E-state index is 13.5. The van der Waals surface area contributed by atoms with Gasteiger partial charge in [0.15, 0.2) is 11.5 Å². The number of hydrogen-bond donors (Lipinski definition) is 2. The molecule has 3 rings (SSSR count). The second-order valence-corrected chi connectivity index (χ2v) is 10.8. The van der Waals surface area contributed by atoms with Crippen molar-refractivity contribution in [3.05, 3.63) is 80.8 Å². The Labute approximate surface area is 217 Å². The Bertz CT molecular complexity index is 1380. The van der Waals surface area contributed by atoms with Gasteiger partial charge in [-0.1, -0.05) is 35.4 Å². The molecule has 0 aromatic heterocycles. The molecule has 0 heterocycles. The minimum atomic E-state index is -4.09. The molecule has 1 amide bonds. The third-order valence-electron chi connectivity index (χ3n) is 5.01. The summed E-state index contributed by atoms with van der Waals surface area (Å²) in [6.45, 7) is 3.05. The Kier molecular flexibility index (Phi) is 8.42. The van der Waals surface area contributed by atoms with Crippen LogP contribution in [0.5, 0.6) is 11.5 Å². The molecule has 0 atom stereocenters. The first-order valence-electron chi connectivity index (χ1n) is 10.3. The smallest absolute Gasteiger partial charge is 0.264 e. The van der Waals surface area contributed by atoms with Crippen molar-refractivity contribution in [3.8, 4) is 11.5 Å². The third kappa shape index (κ3) is 6.33. The topological polar surface area (TPSA) is 108 Å². The summed E-state index contributed by atoms with van der Waals surface area (Å²) < 4.78 is 33.5. The van der Waals surface area contributed by atoms with Gasteiger partial charge < -0.3 is 9.84 Å². The molecular formula is C24H23BrClN3O5S. The lowest BCUT2D eigenvalue weighted by Gasteiger charge is -2.25. The molecule has 0 aliphatic carbocycles. The lowest BCUT2D eigenvalue weighted by atomic mass is 10.2. The van der Waals surface area contributed by atoms with E-state index in [4.69, 9.17) is 16.3 Å². The number of methoxy groups -OCH3 is 1. The number of hydrogen-bond acceptors (Lipinski definition) is 6. The third-order valence-corrected chi connectivity index (χ3v) is 7.62. The number of benzene rings is 3. The van der Waals surface area contributed by atoms with Gasteiger partial charge in [0.2, 0.25) is 0 Å². The van der Waals surface area contributed by atoms with Crippen LogP contribution < -0.4 is 14.5 Å². The van der Waals surface area contributed by atoms with Crippen molar-refractivity contribution in [2.24, 2.45) is 5.10 Å². The van der Waals surface area contributed by atoms with E-state index in [0.717, 1.165) is 9.87 Å². The van der Waals surface area contributed by atoms with E-state index in [-0.39, 0.29) is 22.1 Å². The summed E-state index contributed by atoms with van der Waals surface area (Å²) in [6, 6.07) is 14.3. The first kappa shape index (κ1) is 26.5. The van der Waals surface area contributed by atoms with Gasteiger partial charge in [-0.25, -0.2) is 13.8 Å². The minimum absolute atomic E-state index is 0.0415. The standard InChI is InChI=1S/C24H23BrClN3O5S/c1-15-4-8-19(9-5-15)35(32,33)29(21-12-18(26)7-6-16(21)2)14-23(30)28-27-13-17-10-20(25)24(31)22(11-17)34-3/h4-13,31H,14H2,1-3H3,(H,28,30)/b27-13-. The second kappa shape index (κ2) is 11.1. The molecule has 3 aromatic carbocycles. The number of carbonyl (C=O) groups is 1. The highest BCUT2D eigenvalue weighted by atomic mass is 79.9. The number of halogens is 2. The highest BCUT2D eigenvalue weighted by molar-refractivity contribution is 9.10. The van der Waals surface area contributed by atoms with E-state index in [1.165, 1.54) is 37.6 Å². The summed E-state index contributed by atoms with van der Waals surface area (Å²) in [4.78, 5) is 12.8. The summed E-state index contributed by atoms with van der Waals surface area (Å²) in [7, 11) is -2.68. The number of carbonyl (C=O) groups excluding carboxylic acids is 1. The number of nitrogens with zero attached hydrogens (tertiary/aromatic N) is 2. The van der Waals surface area contributed by atoms with E-state index in [0.29, 0.717) is 20.6 Å². The average molecular weight is 581 g/mol. The first-order chi connectivity index (χ1) is 16.5. The van der Waals surface area contributed by atoms with Crippen LogP contribution in [0.4, 0.5) is 5.69 Å². The number of phenolic OH excluding ortho intramolecular Hbond substituents is 1. The van der Waals surface area contributed by atoms with E-state index in [1.54, 1.807) is 37.3 Å². The van der Waals surface area contributed by atoms with E-state index in [1.807, 2.05) is 6.92 Å². The molecule has 0 spiro atoms. The SMILES string of the molecule is COc1cc(/C=N\NC(=O)CN(c2cc(Cl)ccc2C)S(=O)(=O)c2ccc(C)cc2)cc(Br)c1O. The van der Waals surface area contributed by atoms with Crippen molar-refractivity contribution >= 4 is 55.4 Å². The normalized spacial score (nSPS) is 11.5. The number of ether oxygens (including phenoxy) is 1. The van der Waals surface area contributed by atoms with Crippen LogP contribution in [-0.2, 0) is 14.8 Å². The summed E-state index contributed by atoms with van der Waals surface area (Å²) in [5, 5.41) is 14.2. The van der Waals surface area contributed by atoms with Crippen molar-refractivity contribution in [1.82, 2.24) is 5.43 Å². The predicted octanol–water partition coefficient (Wildman–Crippen LogP) is 4.78. The lowest BCUT2D eigenvalue weighted by molar-refractivity contribution is -0.119. The molecule has 184 valence electrons. The molecule has 0 aliphatic heterocycles. The molecule has 0 saturated heterocycles. The fraction of sp³-hybridized carbons (Fsp3) is 0.167. The molecule has 8 nitrogen and oxygen atoms in total. The zero-order valence-corrected chi connectivity index (χ0v) is 22.3. The predicted molar refractivity (Wildman–Crippen MR) is 140 cm³/mol. The number of amides is 1. The largest absolute Gasteiger partial charge is 0.503 e. The number of phenols is 1. The molecule has 0 aliphatic rings. The van der Waals surface area contributed by atoms with Crippen molar-refractivity contribution < 1.29 is 23.1 Å². The fourth-order valence-electron chi connectivity index (χ4n) is 3.16. The van der Waals surface area contributed by atoms with Gasteiger partial charge in [0.25, 0.3) is 15.9 Å². The van der Waals surface area contributed by atoms with Gasteiger partial charge in [-0.3, -0.25) is 9.10 Å².